The Morgan fingerprint density at radius 2 is 1.48 bits per heavy atom. The molecule has 8 heteroatoms. The lowest BCUT2D eigenvalue weighted by molar-refractivity contribution is -0.124. The highest BCUT2D eigenvalue weighted by Crippen LogP contribution is 2.07. The van der Waals surface area contributed by atoms with Gasteiger partial charge in [-0.3, -0.25) is 30.6 Å². The van der Waals surface area contributed by atoms with Gasteiger partial charge in [0.25, 0.3) is 5.91 Å². The van der Waals surface area contributed by atoms with Crippen molar-refractivity contribution < 1.29 is 14.4 Å². The fourth-order valence-corrected chi connectivity index (χ4v) is 2.33. The minimum Gasteiger partial charge on any atom is -0.326 e. The van der Waals surface area contributed by atoms with Crippen molar-refractivity contribution in [3.8, 4) is 0 Å². The molecule has 0 fully saturated rings. The zero-order valence-corrected chi connectivity index (χ0v) is 15.6. The smallest absolute Gasteiger partial charge is 0.257 e. The maximum Gasteiger partial charge on any atom is 0.257 e. The minimum absolute atomic E-state index is 0.0186. The highest BCUT2D eigenvalue weighted by Gasteiger charge is 2.11. The van der Waals surface area contributed by atoms with Crippen LogP contribution < -0.4 is 21.5 Å². The standard InChI is InChI=1S/C19H20N4O3S/c1-13-7-5-6-10-15(13)18(26)21-19(27)23-22-17(25)12-11-16(24)20-14-8-3-2-4-9-14/h2-10H,11-12H2,1H3,(H,20,24)(H,22,25)(H2,21,23,26,27). The van der Waals surface area contributed by atoms with E-state index in [1.54, 1.807) is 36.4 Å². The molecule has 0 atom stereocenters. The van der Waals surface area contributed by atoms with Gasteiger partial charge in [-0.15, -0.1) is 0 Å². The summed E-state index contributed by atoms with van der Waals surface area (Å²) in [5.41, 5.74) is 6.76. The fourth-order valence-electron chi connectivity index (χ4n) is 2.19. The van der Waals surface area contributed by atoms with Gasteiger partial charge in [0.15, 0.2) is 5.11 Å². The molecule has 0 saturated heterocycles. The SMILES string of the molecule is Cc1ccccc1C(=O)NC(=S)NNC(=O)CCC(=O)Nc1ccccc1. The number of para-hydroxylation sites is 1. The zero-order chi connectivity index (χ0) is 19.6. The fraction of sp³-hybridized carbons (Fsp3) is 0.158. The summed E-state index contributed by atoms with van der Waals surface area (Å²) in [6, 6.07) is 16.0. The molecule has 140 valence electrons. The van der Waals surface area contributed by atoms with Crippen LogP contribution in [0.25, 0.3) is 0 Å². The van der Waals surface area contributed by atoms with Crippen LogP contribution in [-0.4, -0.2) is 22.8 Å². The minimum atomic E-state index is -0.425. The van der Waals surface area contributed by atoms with Gasteiger partial charge in [-0.25, -0.2) is 0 Å². The molecule has 0 aliphatic rings. The molecule has 0 radical (unpaired) electrons. The van der Waals surface area contributed by atoms with Crippen molar-refractivity contribution in [1.29, 1.82) is 0 Å². The lowest BCUT2D eigenvalue weighted by Gasteiger charge is -2.11. The van der Waals surface area contributed by atoms with Gasteiger partial charge in [-0.1, -0.05) is 36.4 Å². The highest BCUT2D eigenvalue weighted by atomic mass is 32.1. The van der Waals surface area contributed by atoms with Crippen molar-refractivity contribution in [3.05, 3.63) is 65.7 Å². The predicted molar refractivity (Wildman–Crippen MR) is 107 cm³/mol. The van der Waals surface area contributed by atoms with E-state index in [9.17, 15) is 14.4 Å². The van der Waals surface area contributed by atoms with Crippen LogP contribution in [-0.2, 0) is 9.59 Å². The third kappa shape index (κ3) is 6.87. The van der Waals surface area contributed by atoms with Crippen LogP contribution >= 0.6 is 12.2 Å². The first-order valence-corrected chi connectivity index (χ1v) is 8.67. The molecule has 4 N–H and O–H groups in total. The molecule has 0 aliphatic carbocycles. The second-order valence-corrected chi connectivity index (χ2v) is 6.09. The Hall–Kier alpha value is -3.26. The molecule has 3 amide bonds. The van der Waals surface area contributed by atoms with Crippen LogP contribution in [0.4, 0.5) is 5.69 Å². The normalized spacial score (nSPS) is 9.81. The van der Waals surface area contributed by atoms with E-state index in [4.69, 9.17) is 12.2 Å². The largest absolute Gasteiger partial charge is 0.326 e. The summed E-state index contributed by atoms with van der Waals surface area (Å²) in [5.74, 6) is -1.07. The van der Waals surface area contributed by atoms with Gasteiger partial charge in [0.1, 0.15) is 0 Å². The molecular formula is C19H20N4O3S. The van der Waals surface area contributed by atoms with E-state index in [1.165, 1.54) is 0 Å². The van der Waals surface area contributed by atoms with Crippen LogP contribution in [0.1, 0.15) is 28.8 Å². The molecule has 2 aromatic carbocycles. The number of carbonyl (C=O) groups is 3. The van der Waals surface area contributed by atoms with Crippen LogP contribution in [0, 0.1) is 6.92 Å². The first-order chi connectivity index (χ1) is 13.0. The maximum absolute atomic E-state index is 12.1. The van der Waals surface area contributed by atoms with Crippen molar-refractivity contribution in [1.82, 2.24) is 16.2 Å². The molecule has 2 rings (SSSR count). The van der Waals surface area contributed by atoms with Gasteiger partial charge < -0.3 is 5.32 Å². The number of carbonyl (C=O) groups excluding carboxylic acids is 3. The number of thiocarbonyl (C=S) groups is 1. The maximum atomic E-state index is 12.1. The zero-order valence-electron chi connectivity index (χ0n) is 14.7. The lowest BCUT2D eigenvalue weighted by atomic mass is 10.1. The molecule has 2 aromatic rings. The van der Waals surface area contributed by atoms with Crippen LogP contribution in [0.5, 0.6) is 0 Å². The number of aryl methyl sites for hydroxylation is 1. The van der Waals surface area contributed by atoms with Crippen molar-refractivity contribution in [2.45, 2.75) is 19.8 Å². The number of benzene rings is 2. The summed E-state index contributed by atoms with van der Waals surface area (Å²) in [5, 5.41) is 5.13. The monoisotopic (exact) mass is 384 g/mol. The molecule has 0 heterocycles. The first-order valence-electron chi connectivity index (χ1n) is 8.26. The predicted octanol–water partition coefficient (Wildman–Crippen LogP) is 2.05. The lowest BCUT2D eigenvalue weighted by Crippen LogP contribution is -2.48. The van der Waals surface area contributed by atoms with Crippen LogP contribution in [0.3, 0.4) is 0 Å². The van der Waals surface area contributed by atoms with E-state index in [1.807, 2.05) is 25.1 Å². The molecule has 27 heavy (non-hydrogen) atoms. The summed E-state index contributed by atoms with van der Waals surface area (Å²) in [6.07, 6.45) is -0.00917. The number of nitrogens with one attached hydrogen (secondary N) is 4. The Kier molecular flexibility index (Phi) is 7.45. The summed E-state index contributed by atoms with van der Waals surface area (Å²) in [4.78, 5) is 35.7. The Morgan fingerprint density at radius 1 is 0.852 bits per heavy atom. The Balaban J connectivity index is 1.69. The van der Waals surface area contributed by atoms with Crippen molar-refractivity contribution >= 4 is 40.7 Å². The van der Waals surface area contributed by atoms with Gasteiger partial charge in [0.05, 0.1) is 0 Å². The van der Waals surface area contributed by atoms with Gasteiger partial charge in [-0.2, -0.15) is 0 Å². The summed E-state index contributed by atoms with van der Waals surface area (Å²) in [7, 11) is 0. The van der Waals surface area contributed by atoms with Gasteiger partial charge in [0.2, 0.25) is 11.8 Å². The Labute approximate surface area is 162 Å². The molecule has 0 spiro atoms. The second-order valence-electron chi connectivity index (χ2n) is 5.69. The number of hydrogen-bond acceptors (Lipinski definition) is 4. The van der Waals surface area contributed by atoms with E-state index in [2.05, 4.69) is 21.5 Å². The van der Waals surface area contributed by atoms with E-state index in [0.717, 1.165) is 5.56 Å². The molecular weight excluding hydrogens is 364 g/mol. The molecule has 0 bridgehead atoms. The van der Waals surface area contributed by atoms with E-state index in [0.29, 0.717) is 11.3 Å². The average molecular weight is 384 g/mol. The van der Waals surface area contributed by atoms with Gasteiger partial charge in [-0.05, 0) is 42.9 Å². The molecule has 0 aliphatic heterocycles. The number of rotatable bonds is 5. The van der Waals surface area contributed by atoms with E-state index in [-0.39, 0.29) is 29.8 Å². The highest BCUT2D eigenvalue weighted by molar-refractivity contribution is 7.80. The van der Waals surface area contributed by atoms with Crippen molar-refractivity contribution in [2.75, 3.05) is 5.32 Å². The third-order valence-corrected chi connectivity index (χ3v) is 3.77. The van der Waals surface area contributed by atoms with Gasteiger partial charge >= 0.3 is 0 Å². The molecule has 0 saturated carbocycles. The molecule has 0 aromatic heterocycles. The van der Waals surface area contributed by atoms with Gasteiger partial charge in [0, 0.05) is 24.1 Å². The van der Waals surface area contributed by atoms with Crippen LogP contribution in [0.15, 0.2) is 54.6 Å². The first kappa shape index (κ1) is 20.1. The number of hydrazine groups is 1. The Bertz CT molecular complexity index is 840. The summed E-state index contributed by atoms with van der Waals surface area (Å²) in [6.45, 7) is 1.81. The number of anilines is 1. The molecule has 0 unspecified atom stereocenters. The van der Waals surface area contributed by atoms with Crippen molar-refractivity contribution in [3.63, 3.8) is 0 Å². The second kappa shape index (κ2) is 10.0. The summed E-state index contributed by atoms with van der Waals surface area (Å²) < 4.78 is 0. The van der Waals surface area contributed by atoms with Crippen molar-refractivity contribution in [2.24, 2.45) is 0 Å². The van der Waals surface area contributed by atoms with E-state index >= 15 is 0 Å². The summed E-state index contributed by atoms with van der Waals surface area (Å²) >= 11 is 4.98. The third-order valence-electron chi connectivity index (χ3n) is 3.57. The number of amides is 3. The average Bonchev–Trinajstić information content (AvgIpc) is 2.66. The Morgan fingerprint density at radius 3 is 2.19 bits per heavy atom. The topological polar surface area (TPSA) is 99.3 Å². The quantitative estimate of drug-likeness (QED) is 0.467. The number of hydrogen-bond donors (Lipinski definition) is 4. The van der Waals surface area contributed by atoms with E-state index < -0.39 is 5.91 Å². The molecule has 7 nitrogen and oxygen atoms in total. The van der Waals surface area contributed by atoms with Crippen LogP contribution in [0.2, 0.25) is 0 Å².